The van der Waals surface area contributed by atoms with Crippen molar-refractivity contribution in [3.8, 4) is 10.6 Å². The molecule has 5 rings (SSSR count). The smallest absolute Gasteiger partial charge is 0.307 e. The van der Waals surface area contributed by atoms with E-state index in [1.54, 1.807) is 23.5 Å². The number of amides is 2. The highest BCUT2D eigenvalue weighted by Gasteiger charge is 2.29. The lowest BCUT2D eigenvalue weighted by molar-refractivity contribution is -0.147. The standard InChI is InChI=1S/C26H21N3O4S2/c1-15-6-11-19-21(12-15)35-26(29-19)16-7-9-17(10-8-16)27-23(30)14-33-24(31)13-22-25(32)28-18-4-2-3-5-20(18)34-22/h2-12,22H,13-14H2,1H3,(H,27,30)(H,28,32)/t22-/m0/s1. The zero-order valence-electron chi connectivity index (χ0n) is 18.7. The Bertz CT molecular complexity index is 1430. The van der Waals surface area contributed by atoms with Gasteiger partial charge in [-0.25, -0.2) is 4.98 Å². The quantitative estimate of drug-likeness (QED) is 0.349. The molecule has 1 aliphatic heterocycles. The molecule has 0 saturated carbocycles. The highest BCUT2D eigenvalue weighted by Crippen LogP contribution is 2.36. The summed E-state index contributed by atoms with van der Waals surface area (Å²) >= 11 is 2.93. The fraction of sp³-hybridized carbons (Fsp3) is 0.154. The molecule has 0 spiro atoms. The summed E-state index contributed by atoms with van der Waals surface area (Å²) in [5.74, 6) is -1.31. The molecule has 2 N–H and O–H groups in total. The molecule has 9 heteroatoms. The number of benzene rings is 3. The highest BCUT2D eigenvalue weighted by molar-refractivity contribution is 8.01. The Morgan fingerprint density at radius 1 is 1.09 bits per heavy atom. The van der Waals surface area contributed by atoms with Crippen LogP contribution in [0.25, 0.3) is 20.8 Å². The van der Waals surface area contributed by atoms with Crippen LogP contribution in [0.4, 0.5) is 11.4 Å². The number of nitrogens with one attached hydrogen (secondary N) is 2. The van der Waals surface area contributed by atoms with Crippen LogP contribution in [0.2, 0.25) is 0 Å². The van der Waals surface area contributed by atoms with E-state index in [-0.39, 0.29) is 12.3 Å². The molecule has 2 amide bonds. The molecule has 1 aromatic heterocycles. The lowest BCUT2D eigenvalue weighted by Gasteiger charge is -2.23. The van der Waals surface area contributed by atoms with Gasteiger partial charge in [0.1, 0.15) is 5.01 Å². The number of esters is 1. The van der Waals surface area contributed by atoms with Crippen molar-refractivity contribution in [1.82, 2.24) is 4.98 Å². The van der Waals surface area contributed by atoms with Crippen LogP contribution in [0, 0.1) is 6.92 Å². The molecule has 0 saturated heterocycles. The Morgan fingerprint density at radius 3 is 2.71 bits per heavy atom. The average Bonchev–Trinajstić information content (AvgIpc) is 3.27. The number of aromatic nitrogens is 1. The van der Waals surface area contributed by atoms with E-state index in [9.17, 15) is 14.4 Å². The van der Waals surface area contributed by atoms with Gasteiger partial charge < -0.3 is 15.4 Å². The Kier molecular flexibility index (Phi) is 6.52. The molecule has 0 radical (unpaired) electrons. The number of hydrogen-bond donors (Lipinski definition) is 2. The topological polar surface area (TPSA) is 97.4 Å². The van der Waals surface area contributed by atoms with Crippen molar-refractivity contribution in [1.29, 1.82) is 0 Å². The van der Waals surface area contributed by atoms with E-state index in [1.807, 2.05) is 48.5 Å². The van der Waals surface area contributed by atoms with Gasteiger partial charge >= 0.3 is 5.97 Å². The number of carbonyl (C=O) groups is 3. The summed E-state index contributed by atoms with van der Waals surface area (Å²) < 4.78 is 6.23. The van der Waals surface area contributed by atoms with Gasteiger partial charge in [0.25, 0.3) is 5.91 Å². The van der Waals surface area contributed by atoms with Crippen molar-refractivity contribution in [2.24, 2.45) is 0 Å². The SMILES string of the molecule is Cc1ccc2nc(-c3ccc(NC(=O)COC(=O)C[C@@H]4Sc5ccccc5NC4=O)cc3)sc2c1. The molecular weight excluding hydrogens is 482 g/mol. The molecule has 1 atom stereocenters. The molecule has 0 bridgehead atoms. The van der Waals surface area contributed by atoms with E-state index in [1.165, 1.54) is 17.3 Å². The predicted molar refractivity (Wildman–Crippen MR) is 139 cm³/mol. The number of fused-ring (bicyclic) bond motifs is 2. The fourth-order valence-corrected chi connectivity index (χ4v) is 5.80. The normalized spacial score (nSPS) is 14.8. The summed E-state index contributed by atoms with van der Waals surface area (Å²) in [6.45, 7) is 1.63. The van der Waals surface area contributed by atoms with Crippen molar-refractivity contribution in [2.45, 2.75) is 23.5 Å². The summed E-state index contributed by atoms with van der Waals surface area (Å²) in [4.78, 5) is 42.3. The van der Waals surface area contributed by atoms with Crippen molar-refractivity contribution in [3.05, 3.63) is 72.3 Å². The minimum absolute atomic E-state index is 0.117. The van der Waals surface area contributed by atoms with E-state index < -0.39 is 23.7 Å². The number of thioether (sulfide) groups is 1. The first-order valence-electron chi connectivity index (χ1n) is 10.9. The Hall–Kier alpha value is -3.69. The molecule has 35 heavy (non-hydrogen) atoms. The average molecular weight is 504 g/mol. The van der Waals surface area contributed by atoms with E-state index in [0.29, 0.717) is 5.69 Å². The maximum atomic E-state index is 12.3. The van der Waals surface area contributed by atoms with Crippen LogP contribution < -0.4 is 10.6 Å². The number of thiazole rings is 1. The van der Waals surface area contributed by atoms with Gasteiger partial charge in [-0.3, -0.25) is 14.4 Å². The van der Waals surface area contributed by atoms with Crippen LogP contribution in [0.5, 0.6) is 0 Å². The second kappa shape index (κ2) is 9.89. The van der Waals surface area contributed by atoms with Gasteiger partial charge in [-0.05, 0) is 61.0 Å². The van der Waals surface area contributed by atoms with Crippen molar-refractivity contribution in [2.75, 3.05) is 17.2 Å². The monoisotopic (exact) mass is 503 g/mol. The minimum atomic E-state index is -0.603. The van der Waals surface area contributed by atoms with Gasteiger partial charge in [0.05, 0.1) is 27.6 Å². The maximum Gasteiger partial charge on any atom is 0.307 e. The van der Waals surface area contributed by atoms with Gasteiger partial charge in [-0.15, -0.1) is 23.1 Å². The number of ether oxygens (including phenoxy) is 1. The Morgan fingerprint density at radius 2 is 1.89 bits per heavy atom. The van der Waals surface area contributed by atoms with E-state index >= 15 is 0 Å². The van der Waals surface area contributed by atoms with Crippen molar-refractivity contribution in [3.63, 3.8) is 0 Å². The first kappa shape index (κ1) is 23.1. The van der Waals surface area contributed by atoms with Gasteiger partial charge in [0.2, 0.25) is 5.91 Å². The van der Waals surface area contributed by atoms with Crippen LogP contribution in [-0.2, 0) is 19.1 Å². The maximum absolute atomic E-state index is 12.3. The molecule has 176 valence electrons. The van der Waals surface area contributed by atoms with Crippen molar-refractivity contribution < 1.29 is 19.1 Å². The molecule has 4 aromatic rings. The zero-order valence-corrected chi connectivity index (χ0v) is 20.4. The van der Waals surface area contributed by atoms with Gasteiger partial charge in [0, 0.05) is 16.1 Å². The number of aryl methyl sites for hydroxylation is 1. The van der Waals surface area contributed by atoms with Crippen LogP contribution in [0.15, 0.2) is 71.6 Å². The van der Waals surface area contributed by atoms with Crippen LogP contribution in [0.1, 0.15) is 12.0 Å². The van der Waals surface area contributed by atoms with E-state index in [2.05, 4.69) is 28.6 Å². The van der Waals surface area contributed by atoms with E-state index in [4.69, 9.17) is 4.74 Å². The Balaban J connectivity index is 1.12. The summed E-state index contributed by atoms with van der Waals surface area (Å²) in [6.07, 6.45) is -0.117. The summed E-state index contributed by atoms with van der Waals surface area (Å²) in [5.41, 5.74) is 4.43. The van der Waals surface area contributed by atoms with Gasteiger partial charge in [0.15, 0.2) is 6.61 Å². The number of hydrogen-bond acceptors (Lipinski definition) is 7. The molecule has 0 fully saturated rings. The third-order valence-corrected chi connectivity index (χ3v) is 7.72. The second-order valence-electron chi connectivity index (χ2n) is 8.07. The highest BCUT2D eigenvalue weighted by atomic mass is 32.2. The number of anilines is 2. The Labute approximate surface area is 209 Å². The third kappa shape index (κ3) is 5.36. The predicted octanol–water partition coefficient (Wildman–Crippen LogP) is 5.26. The summed E-state index contributed by atoms with van der Waals surface area (Å²) in [5, 5.41) is 5.82. The summed E-state index contributed by atoms with van der Waals surface area (Å²) in [7, 11) is 0. The number of rotatable bonds is 6. The molecule has 0 aliphatic carbocycles. The first-order valence-corrected chi connectivity index (χ1v) is 12.6. The molecule has 2 heterocycles. The summed E-state index contributed by atoms with van der Waals surface area (Å²) in [6, 6.07) is 20.9. The minimum Gasteiger partial charge on any atom is -0.456 e. The van der Waals surface area contributed by atoms with Crippen LogP contribution in [0.3, 0.4) is 0 Å². The fourth-order valence-electron chi connectivity index (χ4n) is 3.63. The zero-order chi connectivity index (χ0) is 24.4. The number of nitrogens with zero attached hydrogens (tertiary/aromatic N) is 1. The lowest BCUT2D eigenvalue weighted by Crippen LogP contribution is -2.32. The van der Waals surface area contributed by atoms with E-state index in [0.717, 1.165) is 31.4 Å². The molecule has 0 unspecified atom stereocenters. The lowest BCUT2D eigenvalue weighted by atomic mass is 10.2. The molecular formula is C26H21N3O4S2. The van der Waals surface area contributed by atoms with Crippen LogP contribution >= 0.6 is 23.1 Å². The molecule has 7 nitrogen and oxygen atoms in total. The molecule has 1 aliphatic rings. The van der Waals surface area contributed by atoms with Gasteiger partial charge in [-0.2, -0.15) is 0 Å². The largest absolute Gasteiger partial charge is 0.456 e. The third-order valence-electron chi connectivity index (χ3n) is 5.38. The second-order valence-corrected chi connectivity index (χ2v) is 10.3. The molecule has 3 aromatic carbocycles. The van der Waals surface area contributed by atoms with Crippen LogP contribution in [-0.4, -0.2) is 34.6 Å². The number of carbonyl (C=O) groups excluding carboxylic acids is 3. The van der Waals surface area contributed by atoms with Gasteiger partial charge in [-0.1, -0.05) is 18.2 Å². The van der Waals surface area contributed by atoms with Crippen molar-refractivity contribution >= 4 is 62.5 Å². The number of para-hydroxylation sites is 1. The first-order chi connectivity index (χ1) is 16.9.